The Balaban J connectivity index is 2.48. The quantitative estimate of drug-likeness (QED) is 0.774. The van der Waals surface area contributed by atoms with Crippen molar-refractivity contribution in [3.8, 4) is 0 Å². The van der Waals surface area contributed by atoms with E-state index >= 15 is 0 Å². The Morgan fingerprint density at radius 3 is 2.40 bits per heavy atom. The van der Waals surface area contributed by atoms with Gasteiger partial charge in [0.05, 0.1) is 10.8 Å². The van der Waals surface area contributed by atoms with Crippen LogP contribution in [-0.2, 0) is 15.6 Å². The fourth-order valence-corrected chi connectivity index (χ4v) is 2.15. The number of carbonyl (C=O) groups is 1. The molecule has 3 nitrogen and oxygen atoms in total. The standard InChI is InChI=1S/C11H15NO2S/c1-12(2)11(13)8-9-15(14)10-6-4-3-5-7-10/h3-7H,8-9H2,1-2H3. The van der Waals surface area contributed by atoms with Crippen LogP contribution >= 0.6 is 0 Å². The normalized spacial score (nSPS) is 12.1. The maximum Gasteiger partial charge on any atom is 0.222 e. The second-order valence-electron chi connectivity index (χ2n) is 3.40. The lowest BCUT2D eigenvalue weighted by Crippen LogP contribution is -2.23. The minimum atomic E-state index is -1.07. The van der Waals surface area contributed by atoms with Crippen LogP contribution in [0.4, 0.5) is 0 Å². The second kappa shape index (κ2) is 5.66. The number of hydrogen-bond donors (Lipinski definition) is 0. The minimum Gasteiger partial charge on any atom is -0.349 e. The predicted octanol–water partition coefficient (Wildman–Crippen LogP) is 1.27. The molecule has 0 aliphatic rings. The third kappa shape index (κ3) is 3.83. The van der Waals surface area contributed by atoms with Crippen LogP contribution in [0, 0.1) is 0 Å². The highest BCUT2D eigenvalue weighted by Gasteiger charge is 2.08. The van der Waals surface area contributed by atoms with E-state index in [2.05, 4.69) is 0 Å². The van der Waals surface area contributed by atoms with E-state index in [0.717, 1.165) is 4.90 Å². The zero-order chi connectivity index (χ0) is 11.3. The van der Waals surface area contributed by atoms with Crippen LogP contribution in [0.5, 0.6) is 0 Å². The largest absolute Gasteiger partial charge is 0.349 e. The number of amides is 1. The summed E-state index contributed by atoms with van der Waals surface area (Å²) in [5.41, 5.74) is 0. The number of benzene rings is 1. The molecule has 1 unspecified atom stereocenters. The van der Waals surface area contributed by atoms with E-state index in [1.54, 1.807) is 14.1 Å². The molecule has 0 aliphatic carbocycles. The van der Waals surface area contributed by atoms with E-state index in [9.17, 15) is 9.00 Å². The summed E-state index contributed by atoms with van der Waals surface area (Å²) in [5.74, 6) is 0.403. The van der Waals surface area contributed by atoms with Gasteiger partial charge in [-0.15, -0.1) is 0 Å². The zero-order valence-electron chi connectivity index (χ0n) is 8.97. The molecule has 0 aliphatic heterocycles. The molecule has 0 radical (unpaired) electrons. The van der Waals surface area contributed by atoms with Crippen LogP contribution < -0.4 is 0 Å². The lowest BCUT2D eigenvalue weighted by molar-refractivity contribution is -0.128. The van der Waals surface area contributed by atoms with Crippen molar-refractivity contribution in [1.82, 2.24) is 4.90 Å². The second-order valence-corrected chi connectivity index (χ2v) is 4.97. The molecule has 1 amide bonds. The SMILES string of the molecule is CN(C)C(=O)CCS(=O)c1ccccc1. The molecule has 1 rings (SSSR count). The topological polar surface area (TPSA) is 37.4 Å². The van der Waals surface area contributed by atoms with Gasteiger partial charge in [0.2, 0.25) is 5.91 Å². The summed E-state index contributed by atoms with van der Waals surface area (Å²) in [6.45, 7) is 0. The summed E-state index contributed by atoms with van der Waals surface area (Å²) >= 11 is 0. The summed E-state index contributed by atoms with van der Waals surface area (Å²) in [7, 11) is 2.34. The minimum absolute atomic E-state index is 0.0132. The molecule has 0 fully saturated rings. The van der Waals surface area contributed by atoms with Gasteiger partial charge in [0, 0.05) is 31.2 Å². The molecule has 4 heteroatoms. The summed E-state index contributed by atoms with van der Waals surface area (Å²) in [4.78, 5) is 13.6. The summed E-state index contributed by atoms with van der Waals surface area (Å²) in [6.07, 6.45) is 0.328. The van der Waals surface area contributed by atoms with Crippen LogP contribution in [-0.4, -0.2) is 34.9 Å². The van der Waals surface area contributed by atoms with E-state index in [-0.39, 0.29) is 5.91 Å². The van der Waals surface area contributed by atoms with Crippen molar-refractivity contribution < 1.29 is 9.00 Å². The molecule has 1 aromatic carbocycles. The average molecular weight is 225 g/mol. The first-order valence-electron chi connectivity index (χ1n) is 4.75. The molecule has 0 N–H and O–H groups in total. The van der Waals surface area contributed by atoms with Crippen molar-refractivity contribution >= 4 is 16.7 Å². The van der Waals surface area contributed by atoms with Gasteiger partial charge >= 0.3 is 0 Å². The van der Waals surface area contributed by atoms with Gasteiger partial charge in [0.15, 0.2) is 0 Å². The first kappa shape index (κ1) is 11.9. The summed E-state index contributed by atoms with van der Waals surface area (Å²) in [5, 5.41) is 0. The van der Waals surface area contributed by atoms with Crippen molar-refractivity contribution in [2.45, 2.75) is 11.3 Å². The maximum atomic E-state index is 11.7. The first-order valence-corrected chi connectivity index (χ1v) is 6.06. The lowest BCUT2D eigenvalue weighted by Gasteiger charge is -2.09. The molecule has 0 heterocycles. The Hall–Kier alpha value is -1.16. The molecule has 0 saturated carbocycles. The molecular weight excluding hydrogens is 210 g/mol. The predicted molar refractivity (Wildman–Crippen MR) is 61.0 cm³/mol. The van der Waals surface area contributed by atoms with Crippen molar-refractivity contribution in [1.29, 1.82) is 0 Å². The Labute approximate surface area is 92.6 Å². The van der Waals surface area contributed by atoms with Gasteiger partial charge in [-0.25, -0.2) is 0 Å². The summed E-state index contributed by atoms with van der Waals surface area (Å²) < 4.78 is 11.7. The third-order valence-corrected chi connectivity index (χ3v) is 3.38. The molecule has 0 bridgehead atoms. The highest BCUT2D eigenvalue weighted by Crippen LogP contribution is 2.06. The number of rotatable bonds is 4. The fraction of sp³-hybridized carbons (Fsp3) is 0.364. The molecule has 0 spiro atoms. The summed E-state index contributed by atoms with van der Waals surface area (Å²) in [6, 6.07) is 9.21. The van der Waals surface area contributed by atoms with Crippen molar-refractivity contribution in [3.63, 3.8) is 0 Å². The highest BCUT2D eigenvalue weighted by molar-refractivity contribution is 7.85. The monoisotopic (exact) mass is 225 g/mol. The highest BCUT2D eigenvalue weighted by atomic mass is 32.2. The van der Waals surface area contributed by atoms with Gasteiger partial charge in [0.1, 0.15) is 0 Å². The van der Waals surface area contributed by atoms with Crippen LogP contribution in [0.15, 0.2) is 35.2 Å². The maximum absolute atomic E-state index is 11.7. The molecular formula is C11H15NO2S. The molecule has 0 aromatic heterocycles. The van der Waals surface area contributed by atoms with E-state index in [4.69, 9.17) is 0 Å². The van der Waals surface area contributed by atoms with Crippen molar-refractivity contribution in [2.24, 2.45) is 0 Å². The molecule has 15 heavy (non-hydrogen) atoms. The lowest BCUT2D eigenvalue weighted by atomic mass is 10.4. The smallest absolute Gasteiger partial charge is 0.222 e. The van der Waals surface area contributed by atoms with E-state index < -0.39 is 10.8 Å². The van der Waals surface area contributed by atoms with Gasteiger partial charge in [-0.3, -0.25) is 9.00 Å². The molecule has 82 valence electrons. The first-order chi connectivity index (χ1) is 7.11. The van der Waals surface area contributed by atoms with Gasteiger partial charge in [0.25, 0.3) is 0 Å². The van der Waals surface area contributed by atoms with Gasteiger partial charge in [-0.1, -0.05) is 18.2 Å². The van der Waals surface area contributed by atoms with E-state index in [0.29, 0.717) is 12.2 Å². The van der Waals surface area contributed by atoms with Gasteiger partial charge in [-0.05, 0) is 12.1 Å². The number of hydrogen-bond acceptors (Lipinski definition) is 2. The van der Waals surface area contributed by atoms with Gasteiger partial charge < -0.3 is 4.90 Å². The van der Waals surface area contributed by atoms with E-state index in [1.807, 2.05) is 30.3 Å². The Kier molecular flexibility index (Phi) is 4.49. The van der Waals surface area contributed by atoms with Crippen LogP contribution in [0.2, 0.25) is 0 Å². The Morgan fingerprint density at radius 2 is 1.87 bits per heavy atom. The van der Waals surface area contributed by atoms with Crippen molar-refractivity contribution in [2.75, 3.05) is 19.8 Å². The number of nitrogens with zero attached hydrogens (tertiary/aromatic N) is 1. The molecule has 1 aromatic rings. The van der Waals surface area contributed by atoms with Crippen LogP contribution in [0.1, 0.15) is 6.42 Å². The Bertz CT molecular complexity index is 349. The molecule has 0 saturated heterocycles. The number of carbonyl (C=O) groups excluding carboxylic acids is 1. The van der Waals surface area contributed by atoms with Crippen LogP contribution in [0.3, 0.4) is 0 Å². The Morgan fingerprint density at radius 1 is 1.27 bits per heavy atom. The molecule has 1 atom stereocenters. The average Bonchev–Trinajstić information content (AvgIpc) is 2.26. The zero-order valence-corrected chi connectivity index (χ0v) is 9.79. The van der Waals surface area contributed by atoms with Crippen LogP contribution in [0.25, 0.3) is 0 Å². The van der Waals surface area contributed by atoms with Gasteiger partial charge in [-0.2, -0.15) is 0 Å². The fourth-order valence-electron chi connectivity index (χ4n) is 1.09. The van der Waals surface area contributed by atoms with E-state index in [1.165, 1.54) is 4.90 Å². The van der Waals surface area contributed by atoms with Crippen molar-refractivity contribution in [3.05, 3.63) is 30.3 Å². The third-order valence-electron chi connectivity index (χ3n) is 2.01.